The zero-order chi connectivity index (χ0) is 19.3. The highest BCUT2D eigenvalue weighted by molar-refractivity contribution is 7.92. The van der Waals surface area contributed by atoms with E-state index in [1.807, 2.05) is 6.92 Å². The third kappa shape index (κ3) is 4.72. The predicted octanol–water partition coefficient (Wildman–Crippen LogP) is 3.62. The zero-order valence-electron chi connectivity index (χ0n) is 14.7. The van der Waals surface area contributed by atoms with Gasteiger partial charge in [-0.25, -0.2) is 12.8 Å². The van der Waals surface area contributed by atoms with Gasteiger partial charge in [0.2, 0.25) is 5.91 Å². The van der Waals surface area contributed by atoms with Gasteiger partial charge in [-0.2, -0.15) is 0 Å². The van der Waals surface area contributed by atoms with Crippen molar-refractivity contribution in [1.82, 2.24) is 0 Å². The molecule has 0 aliphatic heterocycles. The number of methoxy groups -OCH3 is 1. The molecule has 0 bridgehead atoms. The van der Waals surface area contributed by atoms with E-state index in [1.54, 1.807) is 19.1 Å². The molecule has 0 spiro atoms. The van der Waals surface area contributed by atoms with E-state index < -0.39 is 15.8 Å². The lowest BCUT2D eigenvalue weighted by molar-refractivity contribution is -0.119. The molecule has 0 saturated carbocycles. The first-order valence-corrected chi connectivity index (χ1v) is 9.52. The standard InChI is InChI=1S/C18H21FN2O4S/c1-4-12(2)18(22)20-14-7-10-17(25-3)16(11-14)21-26(23,24)15-8-5-13(19)6-9-15/h5-12,21H,4H2,1-3H3,(H,20,22)/t12-/m0/s1. The molecule has 8 heteroatoms. The van der Waals surface area contributed by atoms with E-state index in [1.165, 1.54) is 25.3 Å². The molecule has 0 aromatic heterocycles. The number of ether oxygens (including phenoxy) is 1. The molecule has 2 aromatic rings. The molecule has 26 heavy (non-hydrogen) atoms. The Balaban J connectivity index is 2.31. The Morgan fingerprint density at radius 1 is 1.19 bits per heavy atom. The Hall–Kier alpha value is -2.61. The van der Waals surface area contributed by atoms with Gasteiger partial charge in [-0.15, -0.1) is 0 Å². The number of halogens is 1. The van der Waals surface area contributed by atoms with Crippen LogP contribution in [0.25, 0.3) is 0 Å². The summed E-state index contributed by atoms with van der Waals surface area (Å²) in [5.74, 6) is -0.574. The van der Waals surface area contributed by atoms with Crippen LogP contribution in [-0.2, 0) is 14.8 Å². The zero-order valence-corrected chi connectivity index (χ0v) is 15.6. The maximum atomic E-state index is 13.0. The molecule has 0 radical (unpaired) electrons. The van der Waals surface area contributed by atoms with Gasteiger partial charge in [-0.05, 0) is 48.9 Å². The summed E-state index contributed by atoms with van der Waals surface area (Å²) in [6.07, 6.45) is 0.687. The monoisotopic (exact) mass is 380 g/mol. The Morgan fingerprint density at radius 2 is 1.85 bits per heavy atom. The first-order valence-electron chi connectivity index (χ1n) is 8.04. The summed E-state index contributed by atoms with van der Waals surface area (Å²) in [5, 5.41) is 2.74. The number of sulfonamides is 1. The molecule has 0 aliphatic carbocycles. The van der Waals surface area contributed by atoms with Crippen LogP contribution >= 0.6 is 0 Å². The van der Waals surface area contributed by atoms with Crippen molar-refractivity contribution in [2.24, 2.45) is 5.92 Å². The highest BCUT2D eigenvalue weighted by Gasteiger charge is 2.18. The average molecular weight is 380 g/mol. The molecule has 1 amide bonds. The van der Waals surface area contributed by atoms with Crippen molar-refractivity contribution in [3.63, 3.8) is 0 Å². The number of hydrogen-bond donors (Lipinski definition) is 2. The van der Waals surface area contributed by atoms with Crippen molar-refractivity contribution in [3.05, 3.63) is 48.3 Å². The molecule has 0 fully saturated rings. The van der Waals surface area contributed by atoms with Gasteiger partial charge in [0.1, 0.15) is 11.6 Å². The topological polar surface area (TPSA) is 84.5 Å². The van der Waals surface area contributed by atoms with Gasteiger partial charge in [-0.1, -0.05) is 13.8 Å². The van der Waals surface area contributed by atoms with E-state index in [0.29, 0.717) is 12.1 Å². The predicted molar refractivity (Wildman–Crippen MR) is 98.3 cm³/mol. The highest BCUT2D eigenvalue weighted by atomic mass is 32.2. The molecule has 6 nitrogen and oxygen atoms in total. The van der Waals surface area contributed by atoms with Crippen molar-refractivity contribution in [1.29, 1.82) is 0 Å². The molecule has 0 aliphatic rings. The average Bonchev–Trinajstić information content (AvgIpc) is 2.61. The third-order valence-corrected chi connectivity index (χ3v) is 5.28. The Morgan fingerprint density at radius 3 is 2.42 bits per heavy atom. The molecular formula is C18H21FN2O4S. The first-order chi connectivity index (χ1) is 12.3. The molecule has 140 valence electrons. The van der Waals surface area contributed by atoms with Crippen molar-refractivity contribution < 1.29 is 22.3 Å². The Labute approximate surface area is 152 Å². The van der Waals surface area contributed by atoms with Crippen LogP contribution in [-0.4, -0.2) is 21.4 Å². The van der Waals surface area contributed by atoms with Crippen LogP contribution < -0.4 is 14.8 Å². The largest absolute Gasteiger partial charge is 0.495 e. The van der Waals surface area contributed by atoms with E-state index in [4.69, 9.17) is 4.74 Å². The minimum atomic E-state index is -3.94. The van der Waals surface area contributed by atoms with Crippen molar-refractivity contribution in [2.75, 3.05) is 17.1 Å². The lowest BCUT2D eigenvalue weighted by Crippen LogP contribution is -2.20. The van der Waals surface area contributed by atoms with Crippen molar-refractivity contribution in [2.45, 2.75) is 25.2 Å². The number of benzene rings is 2. The van der Waals surface area contributed by atoms with E-state index in [9.17, 15) is 17.6 Å². The number of carbonyl (C=O) groups excluding carboxylic acids is 1. The van der Waals surface area contributed by atoms with Gasteiger partial charge in [0.25, 0.3) is 10.0 Å². The van der Waals surface area contributed by atoms with E-state index in [2.05, 4.69) is 10.0 Å². The third-order valence-electron chi connectivity index (χ3n) is 3.90. The molecule has 0 saturated heterocycles. The normalized spacial score (nSPS) is 12.3. The lowest BCUT2D eigenvalue weighted by atomic mass is 10.1. The number of anilines is 2. The molecule has 2 rings (SSSR count). The lowest BCUT2D eigenvalue weighted by Gasteiger charge is -2.15. The minimum Gasteiger partial charge on any atom is -0.495 e. The smallest absolute Gasteiger partial charge is 0.262 e. The van der Waals surface area contributed by atoms with Crippen molar-refractivity contribution in [3.8, 4) is 5.75 Å². The highest BCUT2D eigenvalue weighted by Crippen LogP contribution is 2.30. The number of carbonyl (C=O) groups is 1. The van der Waals surface area contributed by atoms with Gasteiger partial charge in [-0.3, -0.25) is 9.52 Å². The van der Waals surface area contributed by atoms with E-state index in [0.717, 1.165) is 12.1 Å². The SMILES string of the molecule is CC[C@H](C)C(=O)Nc1ccc(OC)c(NS(=O)(=O)c2ccc(F)cc2)c1. The summed E-state index contributed by atoms with van der Waals surface area (Å²) in [4.78, 5) is 11.9. The summed E-state index contributed by atoms with van der Waals surface area (Å²) < 4.78 is 45.6. The van der Waals surface area contributed by atoms with Gasteiger partial charge < -0.3 is 10.1 Å². The Kier molecular flexibility index (Phi) is 6.20. The number of rotatable bonds is 7. The summed E-state index contributed by atoms with van der Waals surface area (Å²) in [6.45, 7) is 3.71. The van der Waals surface area contributed by atoms with Crippen LogP contribution in [0.15, 0.2) is 47.4 Å². The van der Waals surface area contributed by atoms with Crippen molar-refractivity contribution >= 4 is 27.3 Å². The molecule has 2 aromatic carbocycles. The summed E-state index contributed by atoms with van der Waals surface area (Å²) >= 11 is 0. The Bertz CT molecular complexity index is 883. The first kappa shape index (κ1) is 19.7. The fourth-order valence-corrected chi connectivity index (χ4v) is 3.20. The fraction of sp³-hybridized carbons (Fsp3) is 0.278. The molecule has 1 atom stereocenters. The quantitative estimate of drug-likeness (QED) is 0.768. The van der Waals surface area contributed by atoms with E-state index >= 15 is 0 Å². The number of amides is 1. The maximum absolute atomic E-state index is 13.0. The van der Waals surface area contributed by atoms with Gasteiger partial charge in [0.05, 0.1) is 17.7 Å². The number of hydrogen-bond acceptors (Lipinski definition) is 4. The van der Waals surface area contributed by atoms with E-state index in [-0.39, 0.29) is 28.2 Å². The second-order valence-corrected chi connectivity index (χ2v) is 7.46. The molecule has 2 N–H and O–H groups in total. The van der Waals surface area contributed by atoms with Gasteiger partial charge >= 0.3 is 0 Å². The maximum Gasteiger partial charge on any atom is 0.262 e. The summed E-state index contributed by atoms with van der Waals surface area (Å²) in [5.41, 5.74) is 0.603. The number of nitrogens with one attached hydrogen (secondary N) is 2. The molecule has 0 heterocycles. The minimum absolute atomic E-state index is 0.0880. The second-order valence-electron chi connectivity index (χ2n) is 5.77. The van der Waals surface area contributed by atoms with Crippen LogP contribution in [0.1, 0.15) is 20.3 Å². The van der Waals surface area contributed by atoms with Gasteiger partial charge in [0, 0.05) is 11.6 Å². The summed E-state index contributed by atoms with van der Waals surface area (Å²) in [7, 11) is -2.53. The van der Waals surface area contributed by atoms with Gasteiger partial charge in [0.15, 0.2) is 0 Å². The fourth-order valence-electron chi connectivity index (χ4n) is 2.13. The second kappa shape index (κ2) is 8.18. The van der Waals surface area contributed by atoms with Crippen LogP contribution in [0.3, 0.4) is 0 Å². The summed E-state index contributed by atoms with van der Waals surface area (Å²) in [6, 6.07) is 9.10. The van der Waals surface area contributed by atoms with Crippen LogP contribution in [0.4, 0.5) is 15.8 Å². The molecule has 0 unspecified atom stereocenters. The van der Waals surface area contributed by atoms with Crippen LogP contribution in [0, 0.1) is 11.7 Å². The van der Waals surface area contributed by atoms with Crippen LogP contribution in [0.2, 0.25) is 0 Å². The molecular weight excluding hydrogens is 359 g/mol. The van der Waals surface area contributed by atoms with Crippen LogP contribution in [0.5, 0.6) is 5.75 Å².